The number of aromatic nitrogens is 2. The molecule has 36 heavy (non-hydrogen) atoms. The first-order chi connectivity index (χ1) is 17.1. The monoisotopic (exact) mass is 522 g/mol. The van der Waals surface area contributed by atoms with Gasteiger partial charge in [-0.2, -0.15) is 18.3 Å². The summed E-state index contributed by atoms with van der Waals surface area (Å²) in [4.78, 5) is 17.3. The van der Waals surface area contributed by atoms with Crippen molar-refractivity contribution in [3.8, 4) is 5.75 Å². The number of nitrogens with zero attached hydrogens (tertiary/aromatic N) is 3. The van der Waals surface area contributed by atoms with Crippen LogP contribution in [0.25, 0.3) is 0 Å². The molecular formula is C25H23ClF4N4O2. The molecule has 1 aliphatic rings. The topological polar surface area (TPSA) is 68.5 Å². The number of nitrogens with one attached hydrogen (secondary N) is 1. The number of amides is 1. The van der Waals surface area contributed by atoms with Gasteiger partial charge in [-0.1, -0.05) is 30.5 Å². The van der Waals surface area contributed by atoms with E-state index >= 15 is 0 Å². The van der Waals surface area contributed by atoms with Crippen LogP contribution in [0, 0.1) is 5.82 Å². The summed E-state index contributed by atoms with van der Waals surface area (Å²) >= 11 is 5.94. The van der Waals surface area contributed by atoms with Crippen molar-refractivity contribution < 1.29 is 27.1 Å². The molecule has 1 saturated carbocycles. The van der Waals surface area contributed by atoms with Gasteiger partial charge in [0.15, 0.2) is 5.69 Å². The van der Waals surface area contributed by atoms with Crippen LogP contribution in [0.4, 0.5) is 23.2 Å². The maximum atomic E-state index is 13.9. The summed E-state index contributed by atoms with van der Waals surface area (Å²) in [5, 5.41) is 6.58. The van der Waals surface area contributed by atoms with E-state index in [-0.39, 0.29) is 40.3 Å². The second-order valence-electron chi connectivity index (χ2n) is 8.45. The summed E-state index contributed by atoms with van der Waals surface area (Å²) in [5.41, 5.74) is -0.429. The third kappa shape index (κ3) is 6.23. The van der Waals surface area contributed by atoms with Gasteiger partial charge in [0, 0.05) is 22.7 Å². The summed E-state index contributed by atoms with van der Waals surface area (Å²) in [6.45, 7) is 0. The lowest BCUT2D eigenvalue weighted by Gasteiger charge is -2.16. The van der Waals surface area contributed by atoms with Crippen LogP contribution < -0.4 is 10.1 Å². The lowest BCUT2D eigenvalue weighted by atomic mass is 10.1. The Hall–Kier alpha value is -3.40. The smallest absolute Gasteiger partial charge is 0.435 e. The number of rotatable bonds is 6. The lowest BCUT2D eigenvalue weighted by Crippen LogP contribution is -2.32. The molecule has 1 amide bonds. The third-order valence-corrected chi connectivity index (χ3v) is 6.04. The van der Waals surface area contributed by atoms with Gasteiger partial charge in [0.2, 0.25) is 0 Å². The second-order valence-corrected chi connectivity index (χ2v) is 8.89. The molecule has 1 heterocycles. The van der Waals surface area contributed by atoms with Gasteiger partial charge in [-0.05, 0) is 55.3 Å². The van der Waals surface area contributed by atoms with Gasteiger partial charge in [-0.15, -0.1) is 0 Å². The Balaban J connectivity index is 1.72. The molecule has 6 nitrogen and oxygen atoms in total. The lowest BCUT2D eigenvalue weighted by molar-refractivity contribution is -0.141. The fourth-order valence-corrected chi connectivity index (χ4v) is 4.40. The molecule has 1 aromatic heterocycles. The molecule has 2 aromatic carbocycles. The fourth-order valence-electron chi connectivity index (χ4n) is 4.18. The Kier molecular flexibility index (Phi) is 7.63. The van der Waals surface area contributed by atoms with Crippen LogP contribution in [0.15, 0.2) is 53.5 Å². The number of halogens is 5. The minimum atomic E-state index is -4.63. The second kappa shape index (κ2) is 10.7. The van der Waals surface area contributed by atoms with Crippen LogP contribution in [0.5, 0.6) is 5.75 Å². The van der Waals surface area contributed by atoms with Crippen LogP contribution >= 0.6 is 11.6 Å². The van der Waals surface area contributed by atoms with E-state index in [1.54, 1.807) is 18.2 Å². The van der Waals surface area contributed by atoms with Crippen LogP contribution in [0.3, 0.4) is 0 Å². The first-order valence-corrected chi connectivity index (χ1v) is 11.6. The molecule has 0 saturated heterocycles. The van der Waals surface area contributed by atoms with Crippen molar-refractivity contribution in [1.29, 1.82) is 0 Å². The van der Waals surface area contributed by atoms with Gasteiger partial charge >= 0.3 is 6.18 Å². The van der Waals surface area contributed by atoms with Gasteiger partial charge in [-0.25, -0.2) is 9.38 Å². The van der Waals surface area contributed by atoms with Gasteiger partial charge in [0.1, 0.15) is 17.4 Å². The molecule has 190 valence electrons. The van der Waals surface area contributed by atoms with Gasteiger partial charge in [0.05, 0.1) is 18.8 Å². The van der Waals surface area contributed by atoms with Crippen LogP contribution in [-0.4, -0.2) is 28.6 Å². The van der Waals surface area contributed by atoms with E-state index in [4.69, 9.17) is 16.3 Å². The Morgan fingerprint density at radius 2 is 1.94 bits per heavy atom. The van der Waals surface area contributed by atoms with E-state index in [9.17, 15) is 22.4 Å². The van der Waals surface area contributed by atoms with Gasteiger partial charge in [0.25, 0.3) is 5.91 Å². The van der Waals surface area contributed by atoms with E-state index in [0.717, 1.165) is 31.0 Å². The van der Waals surface area contributed by atoms with Crippen molar-refractivity contribution >= 4 is 29.0 Å². The predicted molar refractivity (Wildman–Crippen MR) is 127 cm³/mol. The minimum absolute atomic E-state index is 0.0114. The molecule has 0 unspecified atom stereocenters. The number of benzene rings is 2. The average Bonchev–Trinajstić information content (AvgIpc) is 3.48. The molecule has 4 rings (SSSR count). The summed E-state index contributed by atoms with van der Waals surface area (Å²) < 4.78 is 61.0. The molecule has 11 heteroatoms. The van der Waals surface area contributed by atoms with Crippen LogP contribution in [0.2, 0.25) is 5.02 Å². The van der Waals surface area contributed by atoms with Crippen molar-refractivity contribution in [3.05, 3.63) is 76.3 Å². The molecule has 3 aromatic rings. The first-order valence-electron chi connectivity index (χ1n) is 11.3. The van der Waals surface area contributed by atoms with E-state index in [0.29, 0.717) is 18.6 Å². The number of aliphatic imine (C=N–C) groups is 1. The predicted octanol–water partition coefficient (Wildman–Crippen LogP) is 6.52. The van der Waals surface area contributed by atoms with E-state index < -0.39 is 23.6 Å². The number of carbonyl (C=O) groups is 1. The zero-order valence-electron chi connectivity index (χ0n) is 19.3. The summed E-state index contributed by atoms with van der Waals surface area (Å²) in [6.07, 6.45) is -1.62. The largest absolute Gasteiger partial charge is 0.497 e. The molecule has 1 aliphatic carbocycles. The van der Waals surface area contributed by atoms with Crippen molar-refractivity contribution in [3.63, 3.8) is 0 Å². The normalized spacial score (nSPS) is 14.8. The fraction of sp³-hybridized carbons (Fsp3) is 0.320. The summed E-state index contributed by atoms with van der Waals surface area (Å²) in [5.74, 6) is -0.738. The Labute approximate surface area is 209 Å². The molecule has 0 atom stereocenters. The SMILES string of the molecule is COc1cccc(C(=O)NC(Cc2cc(C(F)(F)F)nn2C2CCCC2)=Nc2cc(F)cc(Cl)c2)c1. The number of hydrogen-bond donors (Lipinski definition) is 1. The minimum Gasteiger partial charge on any atom is -0.497 e. The standard InChI is InChI=1S/C25H23ClF4N4O2/c1-36-21-8-4-5-15(9-21)24(35)32-23(31-18-11-16(26)10-17(27)12-18)14-20-13-22(25(28,29)30)33-34(20)19-6-2-3-7-19/h4-5,8-13,19H,2-3,6-7,14H2,1H3,(H,31,32,35). The van der Waals surface area contributed by atoms with Crippen molar-refractivity contribution in [2.45, 2.75) is 44.3 Å². The highest BCUT2D eigenvalue weighted by Crippen LogP contribution is 2.34. The molecule has 1 fully saturated rings. The molecule has 1 N–H and O–H groups in total. The molecule has 0 bridgehead atoms. The van der Waals surface area contributed by atoms with Crippen molar-refractivity contribution in [2.24, 2.45) is 4.99 Å². The van der Waals surface area contributed by atoms with E-state index in [2.05, 4.69) is 15.4 Å². The first kappa shape index (κ1) is 25.7. The zero-order valence-corrected chi connectivity index (χ0v) is 20.0. The van der Waals surface area contributed by atoms with Crippen molar-refractivity contribution in [2.75, 3.05) is 7.11 Å². The Morgan fingerprint density at radius 3 is 2.61 bits per heavy atom. The number of methoxy groups -OCH3 is 1. The van der Waals surface area contributed by atoms with E-state index in [1.165, 1.54) is 23.9 Å². The van der Waals surface area contributed by atoms with Crippen molar-refractivity contribution in [1.82, 2.24) is 15.1 Å². The average molecular weight is 523 g/mol. The maximum Gasteiger partial charge on any atom is 0.435 e. The summed E-state index contributed by atoms with van der Waals surface area (Å²) in [7, 11) is 1.46. The Morgan fingerprint density at radius 1 is 1.19 bits per heavy atom. The van der Waals surface area contributed by atoms with Crippen LogP contribution in [-0.2, 0) is 12.6 Å². The highest BCUT2D eigenvalue weighted by molar-refractivity contribution is 6.30. The number of ether oxygens (including phenoxy) is 1. The quantitative estimate of drug-likeness (QED) is 0.228. The van der Waals surface area contributed by atoms with Gasteiger partial charge < -0.3 is 10.1 Å². The number of hydrogen-bond acceptors (Lipinski definition) is 4. The highest BCUT2D eigenvalue weighted by Gasteiger charge is 2.36. The number of carbonyl (C=O) groups excluding carboxylic acids is 1. The molecule has 0 aliphatic heterocycles. The van der Waals surface area contributed by atoms with Crippen LogP contribution in [0.1, 0.15) is 53.5 Å². The summed E-state index contributed by atoms with van der Waals surface area (Å²) in [6, 6.07) is 10.7. The number of alkyl halides is 3. The molecule has 0 radical (unpaired) electrons. The van der Waals surface area contributed by atoms with E-state index in [1.807, 2.05) is 0 Å². The maximum absolute atomic E-state index is 13.9. The number of amidine groups is 1. The molecule has 0 spiro atoms. The van der Waals surface area contributed by atoms with Gasteiger partial charge in [-0.3, -0.25) is 9.48 Å². The molecular weight excluding hydrogens is 500 g/mol. The zero-order chi connectivity index (χ0) is 25.9. The Bertz CT molecular complexity index is 1260. The highest BCUT2D eigenvalue weighted by atomic mass is 35.5. The third-order valence-electron chi connectivity index (χ3n) is 5.82.